The van der Waals surface area contributed by atoms with Crippen molar-refractivity contribution in [3.05, 3.63) is 31.5 Å². The van der Waals surface area contributed by atoms with Gasteiger partial charge in [-0.25, -0.2) is 0 Å². The van der Waals surface area contributed by atoms with Gasteiger partial charge < -0.3 is 10.2 Å². The van der Waals surface area contributed by atoms with Gasteiger partial charge in [-0.2, -0.15) is 7.05 Å². The first kappa shape index (κ1) is 8.78. The zero-order valence-corrected chi connectivity index (χ0v) is 7.87. The SMILES string of the molecule is [CH2-][NH+]1CCN(C2C=CC=CN2)CC1. The standard InChI is InChI=1S/C10H17N3/c1-12-6-8-13(9-7-12)10-4-2-3-5-11-10/h2-5,10-12H,1,6-9H2. The third-order valence-corrected chi connectivity index (χ3v) is 2.67. The van der Waals surface area contributed by atoms with Crippen molar-refractivity contribution in [3.63, 3.8) is 0 Å². The van der Waals surface area contributed by atoms with E-state index < -0.39 is 0 Å². The van der Waals surface area contributed by atoms with E-state index in [1.54, 1.807) is 0 Å². The summed E-state index contributed by atoms with van der Waals surface area (Å²) >= 11 is 0. The zero-order valence-electron chi connectivity index (χ0n) is 7.87. The number of nitrogens with zero attached hydrogens (tertiary/aromatic N) is 1. The lowest BCUT2D eigenvalue weighted by Gasteiger charge is -2.38. The van der Waals surface area contributed by atoms with Gasteiger partial charge in [0.1, 0.15) is 0 Å². The highest BCUT2D eigenvalue weighted by atomic mass is 15.3. The van der Waals surface area contributed by atoms with Crippen LogP contribution in [0.5, 0.6) is 0 Å². The smallest absolute Gasteiger partial charge is 0.0988 e. The van der Waals surface area contributed by atoms with Crippen LogP contribution in [0.3, 0.4) is 0 Å². The summed E-state index contributed by atoms with van der Waals surface area (Å²) in [5.41, 5.74) is 0. The predicted octanol–water partition coefficient (Wildman–Crippen LogP) is -1.02. The van der Waals surface area contributed by atoms with Crippen LogP contribution in [0, 0.1) is 7.05 Å². The molecule has 13 heavy (non-hydrogen) atoms. The average Bonchev–Trinajstić information content (AvgIpc) is 2.20. The molecular weight excluding hydrogens is 162 g/mol. The van der Waals surface area contributed by atoms with E-state index in [1.165, 1.54) is 4.90 Å². The van der Waals surface area contributed by atoms with Crippen LogP contribution in [-0.2, 0) is 0 Å². The molecule has 0 aliphatic carbocycles. The molecule has 2 heterocycles. The summed E-state index contributed by atoms with van der Waals surface area (Å²) in [5, 5.41) is 3.33. The van der Waals surface area contributed by atoms with E-state index in [4.69, 9.17) is 0 Å². The van der Waals surface area contributed by atoms with Gasteiger partial charge in [-0.3, -0.25) is 4.90 Å². The maximum absolute atomic E-state index is 4.01. The molecule has 0 amide bonds. The third-order valence-electron chi connectivity index (χ3n) is 2.67. The molecule has 0 spiro atoms. The summed E-state index contributed by atoms with van der Waals surface area (Å²) in [6.07, 6.45) is 8.74. The van der Waals surface area contributed by atoms with Crippen molar-refractivity contribution in [2.45, 2.75) is 6.17 Å². The minimum Gasteiger partial charge on any atom is -0.466 e. The number of nitrogens with one attached hydrogen (secondary N) is 2. The van der Waals surface area contributed by atoms with E-state index in [0.29, 0.717) is 6.17 Å². The minimum atomic E-state index is 0.401. The van der Waals surface area contributed by atoms with Crippen LogP contribution in [-0.4, -0.2) is 37.2 Å². The number of hydrogen-bond donors (Lipinski definition) is 2. The van der Waals surface area contributed by atoms with Crippen LogP contribution in [0.15, 0.2) is 24.4 Å². The van der Waals surface area contributed by atoms with Crippen molar-refractivity contribution in [2.24, 2.45) is 0 Å². The summed E-state index contributed by atoms with van der Waals surface area (Å²) in [7, 11) is 4.01. The first-order chi connectivity index (χ1) is 6.36. The monoisotopic (exact) mass is 179 g/mol. The van der Waals surface area contributed by atoms with Crippen molar-refractivity contribution in [1.29, 1.82) is 0 Å². The van der Waals surface area contributed by atoms with Crippen molar-refractivity contribution in [2.75, 3.05) is 26.2 Å². The second-order valence-corrected chi connectivity index (χ2v) is 3.64. The highest BCUT2D eigenvalue weighted by Gasteiger charge is 2.20. The maximum Gasteiger partial charge on any atom is 0.0988 e. The number of rotatable bonds is 1. The van der Waals surface area contributed by atoms with Crippen LogP contribution >= 0.6 is 0 Å². The fraction of sp³-hybridized carbons (Fsp3) is 0.500. The van der Waals surface area contributed by atoms with Gasteiger partial charge in [0, 0.05) is 13.1 Å². The number of quaternary nitrogens is 1. The molecule has 1 saturated heterocycles. The van der Waals surface area contributed by atoms with Gasteiger partial charge in [0.05, 0.1) is 19.3 Å². The summed E-state index contributed by atoms with van der Waals surface area (Å²) in [6.45, 7) is 4.56. The molecule has 2 N–H and O–H groups in total. The first-order valence-electron chi connectivity index (χ1n) is 4.86. The Kier molecular flexibility index (Phi) is 2.66. The molecule has 1 atom stereocenters. The molecule has 72 valence electrons. The summed E-state index contributed by atoms with van der Waals surface area (Å²) < 4.78 is 0. The van der Waals surface area contributed by atoms with Crippen molar-refractivity contribution < 1.29 is 4.90 Å². The van der Waals surface area contributed by atoms with Gasteiger partial charge in [-0.15, -0.1) is 0 Å². The Morgan fingerprint density at radius 2 is 2.08 bits per heavy atom. The summed E-state index contributed by atoms with van der Waals surface area (Å²) in [6, 6.07) is 0. The molecule has 3 heteroatoms. The Hall–Kier alpha value is -0.800. The summed E-state index contributed by atoms with van der Waals surface area (Å²) in [5.74, 6) is 0. The fourth-order valence-corrected chi connectivity index (χ4v) is 1.78. The van der Waals surface area contributed by atoms with E-state index in [1.807, 2.05) is 12.3 Å². The Morgan fingerprint density at radius 3 is 2.69 bits per heavy atom. The topological polar surface area (TPSA) is 19.7 Å². The molecule has 0 radical (unpaired) electrons. The first-order valence-corrected chi connectivity index (χ1v) is 4.86. The zero-order chi connectivity index (χ0) is 9.10. The van der Waals surface area contributed by atoms with Crippen molar-refractivity contribution in [3.8, 4) is 0 Å². The van der Waals surface area contributed by atoms with Gasteiger partial charge >= 0.3 is 0 Å². The quantitative estimate of drug-likeness (QED) is 0.502. The van der Waals surface area contributed by atoms with Crippen LogP contribution in [0.4, 0.5) is 0 Å². The molecule has 0 bridgehead atoms. The average molecular weight is 179 g/mol. The highest BCUT2D eigenvalue weighted by Crippen LogP contribution is 2.02. The number of dihydropyridines is 1. The van der Waals surface area contributed by atoms with Crippen LogP contribution < -0.4 is 10.2 Å². The molecule has 2 rings (SSSR count). The molecule has 1 fully saturated rings. The van der Waals surface area contributed by atoms with E-state index in [2.05, 4.69) is 29.4 Å². The molecule has 2 aliphatic heterocycles. The van der Waals surface area contributed by atoms with E-state index in [0.717, 1.165) is 26.2 Å². The lowest BCUT2D eigenvalue weighted by atomic mass is 10.2. The van der Waals surface area contributed by atoms with Crippen LogP contribution in [0.25, 0.3) is 0 Å². The molecule has 0 aromatic carbocycles. The Labute approximate surface area is 79.7 Å². The molecule has 2 aliphatic rings. The Morgan fingerprint density at radius 1 is 1.31 bits per heavy atom. The normalized spacial score (nSPS) is 30.4. The lowest BCUT2D eigenvalue weighted by Crippen LogP contribution is -3.10. The van der Waals surface area contributed by atoms with Crippen LogP contribution in [0.2, 0.25) is 0 Å². The fourth-order valence-electron chi connectivity index (χ4n) is 1.78. The number of hydrogen-bond acceptors (Lipinski definition) is 2. The van der Waals surface area contributed by atoms with Gasteiger partial charge in [-0.1, -0.05) is 6.08 Å². The molecule has 0 aromatic rings. The molecule has 3 nitrogen and oxygen atoms in total. The van der Waals surface area contributed by atoms with Gasteiger partial charge in [0.2, 0.25) is 0 Å². The van der Waals surface area contributed by atoms with Crippen LogP contribution in [0.1, 0.15) is 0 Å². The van der Waals surface area contributed by atoms with Crippen molar-refractivity contribution in [1.82, 2.24) is 10.2 Å². The van der Waals surface area contributed by atoms with Gasteiger partial charge in [-0.05, 0) is 18.4 Å². The van der Waals surface area contributed by atoms with Crippen molar-refractivity contribution >= 4 is 0 Å². The maximum atomic E-state index is 4.01. The lowest BCUT2D eigenvalue weighted by molar-refractivity contribution is -0.859. The van der Waals surface area contributed by atoms with E-state index in [-0.39, 0.29) is 0 Å². The Bertz CT molecular complexity index is 214. The molecule has 0 saturated carbocycles. The molecule has 1 unspecified atom stereocenters. The minimum absolute atomic E-state index is 0.401. The highest BCUT2D eigenvalue weighted by molar-refractivity contribution is 5.11. The predicted molar refractivity (Wildman–Crippen MR) is 52.8 cm³/mol. The molecule has 0 aromatic heterocycles. The third kappa shape index (κ3) is 2.11. The van der Waals surface area contributed by atoms with E-state index in [9.17, 15) is 0 Å². The van der Waals surface area contributed by atoms with Gasteiger partial charge in [0.15, 0.2) is 0 Å². The summed E-state index contributed by atoms with van der Waals surface area (Å²) in [4.78, 5) is 3.85. The van der Waals surface area contributed by atoms with E-state index >= 15 is 0 Å². The van der Waals surface area contributed by atoms with Gasteiger partial charge in [0.25, 0.3) is 0 Å². The second-order valence-electron chi connectivity index (χ2n) is 3.64. The number of piperazine rings is 1. The number of allylic oxidation sites excluding steroid dienone is 2. The molecular formula is C10H17N3. The largest absolute Gasteiger partial charge is 0.466 e. The Balaban J connectivity index is 1.87. The second kappa shape index (κ2) is 3.94.